The van der Waals surface area contributed by atoms with Gasteiger partial charge in [0.1, 0.15) is 0 Å². The van der Waals surface area contributed by atoms with E-state index in [1.54, 1.807) is 0 Å². The Bertz CT molecular complexity index is 1320. The molecule has 0 atom stereocenters. The fourth-order valence-electron chi connectivity index (χ4n) is 3.68. The lowest BCUT2D eigenvalue weighted by Crippen LogP contribution is -2.25. The molecule has 174 valence electrons. The predicted molar refractivity (Wildman–Crippen MR) is 129 cm³/mol. The second-order valence-corrected chi connectivity index (χ2v) is 8.16. The molecule has 4 rings (SSSR count). The standard InChI is InChI=1S/C25H26N6O3/c1-16(2)30(20-8-6-5-7-9-20)21-12-10-19(11-13-21)27-22(32)15-34-24(33)23-28-25-26-17(3)14-18(4)31(25)29-23/h5-14,16H,15H2,1-4H3,(H,27,32). The monoisotopic (exact) mass is 458 g/mol. The van der Waals surface area contributed by atoms with Crippen molar-refractivity contribution in [3.63, 3.8) is 0 Å². The van der Waals surface area contributed by atoms with Crippen molar-refractivity contribution in [3.8, 4) is 0 Å². The van der Waals surface area contributed by atoms with Gasteiger partial charge < -0.3 is 15.0 Å². The Balaban J connectivity index is 1.37. The van der Waals surface area contributed by atoms with Crippen molar-refractivity contribution in [1.82, 2.24) is 19.6 Å². The summed E-state index contributed by atoms with van der Waals surface area (Å²) in [5, 5.41) is 6.85. The molecule has 9 heteroatoms. The third kappa shape index (κ3) is 5.03. The number of nitrogens with zero attached hydrogens (tertiary/aromatic N) is 5. The Labute approximate surface area is 197 Å². The van der Waals surface area contributed by atoms with E-state index < -0.39 is 18.5 Å². The number of para-hydroxylation sites is 1. The van der Waals surface area contributed by atoms with Gasteiger partial charge in [0, 0.05) is 34.5 Å². The number of esters is 1. The lowest BCUT2D eigenvalue weighted by atomic mass is 10.2. The number of ether oxygens (including phenoxy) is 1. The molecular formula is C25H26N6O3. The van der Waals surface area contributed by atoms with E-state index in [9.17, 15) is 9.59 Å². The van der Waals surface area contributed by atoms with Crippen LogP contribution in [0, 0.1) is 13.8 Å². The fraction of sp³-hybridized carbons (Fsp3) is 0.240. The Hall–Kier alpha value is -4.27. The first kappa shape index (κ1) is 22.9. The molecule has 9 nitrogen and oxygen atoms in total. The summed E-state index contributed by atoms with van der Waals surface area (Å²) in [5.74, 6) is -1.09. The maximum absolute atomic E-state index is 12.3. The molecule has 2 aromatic carbocycles. The van der Waals surface area contributed by atoms with Crippen molar-refractivity contribution in [1.29, 1.82) is 0 Å². The summed E-state index contributed by atoms with van der Waals surface area (Å²) in [7, 11) is 0. The van der Waals surface area contributed by atoms with Gasteiger partial charge in [-0.1, -0.05) is 18.2 Å². The molecule has 2 heterocycles. The molecule has 1 amide bonds. The number of amides is 1. The van der Waals surface area contributed by atoms with Crippen LogP contribution < -0.4 is 10.2 Å². The molecule has 0 aliphatic rings. The molecule has 0 aliphatic carbocycles. The van der Waals surface area contributed by atoms with E-state index in [1.165, 1.54) is 4.52 Å². The Kier molecular flexibility index (Phi) is 6.53. The summed E-state index contributed by atoms with van der Waals surface area (Å²) in [6, 6.07) is 19.7. The number of hydrogen-bond donors (Lipinski definition) is 1. The first-order valence-electron chi connectivity index (χ1n) is 10.9. The molecule has 0 bridgehead atoms. The van der Waals surface area contributed by atoms with Gasteiger partial charge >= 0.3 is 5.97 Å². The van der Waals surface area contributed by atoms with Crippen LogP contribution in [-0.4, -0.2) is 44.1 Å². The summed E-state index contributed by atoms with van der Waals surface area (Å²) in [4.78, 5) is 35.2. The van der Waals surface area contributed by atoms with Gasteiger partial charge in [0.05, 0.1) is 0 Å². The number of hydrogen-bond acceptors (Lipinski definition) is 7. The molecule has 0 unspecified atom stereocenters. The van der Waals surface area contributed by atoms with E-state index in [1.807, 2.05) is 62.4 Å². The van der Waals surface area contributed by atoms with Gasteiger partial charge in [-0.05, 0) is 70.2 Å². The van der Waals surface area contributed by atoms with E-state index in [0.29, 0.717) is 11.5 Å². The van der Waals surface area contributed by atoms with Crippen LogP contribution in [0.5, 0.6) is 0 Å². The number of fused-ring (bicyclic) bond motifs is 1. The van der Waals surface area contributed by atoms with Gasteiger partial charge in [-0.25, -0.2) is 14.3 Å². The minimum atomic E-state index is -0.788. The van der Waals surface area contributed by atoms with Gasteiger partial charge in [0.25, 0.3) is 17.5 Å². The molecule has 0 aliphatic heterocycles. The van der Waals surface area contributed by atoms with Gasteiger partial charge in [0.2, 0.25) is 0 Å². The second kappa shape index (κ2) is 9.70. The summed E-state index contributed by atoms with van der Waals surface area (Å²) < 4.78 is 6.55. The first-order valence-corrected chi connectivity index (χ1v) is 10.9. The van der Waals surface area contributed by atoms with Crippen molar-refractivity contribution in [2.45, 2.75) is 33.7 Å². The smallest absolute Gasteiger partial charge is 0.378 e. The largest absolute Gasteiger partial charge is 0.450 e. The normalized spacial score (nSPS) is 11.0. The zero-order chi connectivity index (χ0) is 24.2. The number of carbonyl (C=O) groups excluding carboxylic acids is 2. The summed E-state index contributed by atoms with van der Waals surface area (Å²) in [6.45, 7) is 7.45. The highest BCUT2D eigenvalue weighted by Gasteiger charge is 2.18. The van der Waals surface area contributed by atoms with Crippen molar-refractivity contribution in [2.75, 3.05) is 16.8 Å². The zero-order valence-corrected chi connectivity index (χ0v) is 19.5. The number of aryl methyl sites for hydroxylation is 2. The third-order valence-corrected chi connectivity index (χ3v) is 5.12. The molecular weight excluding hydrogens is 432 g/mol. The molecule has 0 saturated heterocycles. The van der Waals surface area contributed by atoms with Crippen LogP contribution in [0.3, 0.4) is 0 Å². The predicted octanol–water partition coefficient (Wildman–Crippen LogP) is 4.08. The minimum absolute atomic E-state index is 0.145. The van der Waals surface area contributed by atoms with Crippen molar-refractivity contribution in [2.24, 2.45) is 0 Å². The topological polar surface area (TPSA) is 102 Å². The Morgan fingerprint density at radius 2 is 1.68 bits per heavy atom. The van der Waals surface area contributed by atoms with E-state index in [-0.39, 0.29) is 11.9 Å². The number of aromatic nitrogens is 4. The number of benzene rings is 2. The Morgan fingerprint density at radius 3 is 2.35 bits per heavy atom. The van der Waals surface area contributed by atoms with Crippen LogP contribution in [-0.2, 0) is 9.53 Å². The van der Waals surface area contributed by atoms with Crippen LogP contribution in [0.15, 0.2) is 60.7 Å². The van der Waals surface area contributed by atoms with Crippen LogP contribution in [0.1, 0.15) is 35.9 Å². The lowest BCUT2D eigenvalue weighted by Gasteiger charge is -2.29. The van der Waals surface area contributed by atoms with Crippen molar-refractivity contribution in [3.05, 3.63) is 77.9 Å². The molecule has 0 radical (unpaired) electrons. The maximum Gasteiger partial charge on any atom is 0.378 e. The molecule has 1 N–H and O–H groups in total. The lowest BCUT2D eigenvalue weighted by molar-refractivity contribution is -0.119. The van der Waals surface area contributed by atoms with E-state index >= 15 is 0 Å². The number of carbonyl (C=O) groups is 2. The molecule has 34 heavy (non-hydrogen) atoms. The first-order chi connectivity index (χ1) is 16.3. The average molecular weight is 459 g/mol. The second-order valence-electron chi connectivity index (χ2n) is 8.16. The molecule has 0 fully saturated rings. The van der Waals surface area contributed by atoms with Crippen LogP contribution in [0.25, 0.3) is 5.78 Å². The van der Waals surface area contributed by atoms with Gasteiger partial charge in [-0.2, -0.15) is 4.98 Å². The fourth-order valence-corrected chi connectivity index (χ4v) is 3.68. The highest BCUT2D eigenvalue weighted by molar-refractivity contribution is 5.94. The van der Waals surface area contributed by atoms with Gasteiger partial charge in [-0.15, -0.1) is 5.10 Å². The van der Waals surface area contributed by atoms with Crippen molar-refractivity contribution >= 4 is 34.7 Å². The van der Waals surface area contributed by atoms with Crippen LogP contribution >= 0.6 is 0 Å². The minimum Gasteiger partial charge on any atom is -0.450 e. The number of anilines is 3. The Morgan fingerprint density at radius 1 is 1.00 bits per heavy atom. The van der Waals surface area contributed by atoms with Gasteiger partial charge in [-0.3, -0.25) is 4.79 Å². The highest BCUT2D eigenvalue weighted by atomic mass is 16.5. The number of rotatable bonds is 7. The van der Waals surface area contributed by atoms with Crippen LogP contribution in [0.4, 0.5) is 17.1 Å². The van der Waals surface area contributed by atoms with E-state index in [2.05, 4.69) is 51.3 Å². The summed E-state index contributed by atoms with van der Waals surface area (Å²) in [5.41, 5.74) is 4.24. The quantitative estimate of drug-likeness (QED) is 0.416. The molecule has 4 aromatic rings. The van der Waals surface area contributed by atoms with Gasteiger partial charge in [0.15, 0.2) is 6.61 Å². The number of nitrogens with one attached hydrogen (secondary N) is 1. The summed E-state index contributed by atoms with van der Waals surface area (Å²) in [6.07, 6.45) is 0. The maximum atomic E-state index is 12.3. The summed E-state index contributed by atoms with van der Waals surface area (Å²) >= 11 is 0. The molecule has 2 aromatic heterocycles. The third-order valence-electron chi connectivity index (χ3n) is 5.12. The highest BCUT2D eigenvalue weighted by Crippen LogP contribution is 2.28. The SMILES string of the molecule is Cc1cc(C)n2nc(C(=O)OCC(=O)Nc3ccc(N(c4ccccc4)C(C)C)cc3)nc2n1. The molecule has 0 spiro atoms. The van der Waals surface area contributed by atoms with Crippen LogP contribution in [0.2, 0.25) is 0 Å². The zero-order valence-electron chi connectivity index (χ0n) is 19.5. The molecule has 0 saturated carbocycles. The average Bonchev–Trinajstić information content (AvgIpc) is 3.24. The van der Waals surface area contributed by atoms with E-state index in [0.717, 1.165) is 22.8 Å². The van der Waals surface area contributed by atoms with E-state index in [4.69, 9.17) is 4.74 Å². The van der Waals surface area contributed by atoms with Crippen molar-refractivity contribution < 1.29 is 14.3 Å².